The zero-order valence-corrected chi connectivity index (χ0v) is 12.6. The molecule has 2 saturated heterocycles. The van der Waals surface area contributed by atoms with Gasteiger partial charge in [0.05, 0.1) is 6.04 Å². The van der Waals surface area contributed by atoms with Crippen LogP contribution in [0.2, 0.25) is 0 Å². The highest BCUT2D eigenvalue weighted by Crippen LogP contribution is 2.26. The van der Waals surface area contributed by atoms with Gasteiger partial charge in [-0.1, -0.05) is 13.3 Å². The summed E-state index contributed by atoms with van der Waals surface area (Å²) in [6, 6.07) is 0.909. The molecule has 2 aliphatic rings. The van der Waals surface area contributed by atoms with Crippen molar-refractivity contribution in [1.29, 1.82) is 0 Å². The van der Waals surface area contributed by atoms with E-state index in [1.54, 1.807) is 0 Å². The van der Waals surface area contributed by atoms with E-state index in [-0.39, 0.29) is 11.9 Å². The van der Waals surface area contributed by atoms with Crippen LogP contribution in [0, 0.1) is 5.92 Å². The molecule has 0 aromatic carbocycles. The minimum absolute atomic E-state index is 0.00621. The fraction of sp³-hybridized carbons (Fsp3) is 0.933. The lowest BCUT2D eigenvalue weighted by molar-refractivity contribution is -0.126. The first-order valence-corrected chi connectivity index (χ1v) is 7.89. The Hall–Kier alpha value is -0.610. The van der Waals surface area contributed by atoms with Crippen molar-refractivity contribution in [3.8, 4) is 0 Å². The van der Waals surface area contributed by atoms with E-state index < -0.39 is 0 Å². The fourth-order valence-electron chi connectivity index (χ4n) is 3.43. The van der Waals surface area contributed by atoms with Gasteiger partial charge in [-0.3, -0.25) is 9.69 Å². The molecule has 2 aliphatic heterocycles. The molecule has 0 aromatic heterocycles. The van der Waals surface area contributed by atoms with Crippen LogP contribution in [-0.2, 0) is 4.79 Å². The number of hydrogen-bond donors (Lipinski definition) is 2. The molecular formula is C15H29N3O. The summed E-state index contributed by atoms with van der Waals surface area (Å²) in [5, 5.41) is 6.73. The first-order valence-electron chi connectivity index (χ1n) is 7.89. The number of rotatable bonds is 5. The smallest absolute Gasteiger partial charge is 0.237 e. The van der Waals surface area contributed by atoms with Gasteiger partial charge in [-0.2, -0.15) is 0 Å². The van der Waals surface area contributed by atoms with Gasteiger partial charge in [0.15, 0.2) is 0 Å². The molecule has 2 fully saturated rings. The highest BCUT2D eigenvalue weighted by Gasteiger charge is 2.37. The van der Waals surface area contributed by atoms with Crippen molar-refractivity contribution < 1.29 is 4.79 Å². The minimum Gasteiger partial charge on any atom is -0.352 e. The minimum atomic E-state index is 0.00621. The van der Waals surface area contributed by atoms with Gasteiger partial charge in [0.25, 0.3) is 0 Å². The van der Waals surface area contributed by atoms with Gasteiger partial charge in [0, 0.05) is 25.2 Å². The number of carbonyl (C=O) groups is 1. The number of nitrogens with zero attached hydrogens (tertiary/aromatic N) is 1. The highest BCUT2D eigenvalue weighted by molar-refractivity contribution is 5.81. The largest absolute Gasteiger partial charge is 0.352 e. The van der Waals surface area contributed by atoms with Gasteiger partial charge in [-0.05, 0) is 45.6 Å². The molecule has 19 heavy (non-hydrogen) atoms. The Morgan fingerprint density at radius 2 is 2.21 bits per heavy atom. The van der Waals surface area contributed by atoms with Crippen molar-refractivity contribution in [2.45, 2.75) is 64.6 Å². The average molecular weight is 267 g/mol. The van der Waals surface area contributed by atoms with Gasteiger partial charge >= 0.3 is 0 Å². The predicted molar refractivity (Wildman–Crippen MR) is 78.1 cm³/mol. The van der Waals surface area contributed by atoms with Crippen LogP contribution in [0.1, 0.15) is 46.5 Å². The lowest BCUT2D eigenvalue weighted by Gasteiger charge is -2.25. The molecule has 1 amide bonds. The van der Waals surface area contributed by atoms with E-state index in [9.17, 15) is 4.79 Å². The second-order valence-corrected chi connectivity index (χ2v) is 6.29. The van der Waals surface area contributed by atoms with E-state index in [0.29, 0.717) is 12.1 Å². The summed E-state index contributed by atoms with van der Waals surface area (Å²) in [4.78, 5) is 14.6. The summed E-state index contributed by atoms with van der Waals surface area (Å²) in [5.74, 6) is 0.941. The molecule has 0 bridgehead atoms. The lowest BCUT2D eigenvalue weighted by Crippen LogP contribution is -2.47. The second kappa shape index (κ2) is 6.71. The third-order valence-corrected chi connectivity index (χ3v) is 4.66. The Bertz CT molecular complexity index is 294. The average Bonchev–Trinajstić information content (AvgIpc) is 2.81. The zero-order chi connectivity index (χ0) is 13.8. The summed E-state index contributed by atoms with van der Waals surface area (Å²) in [6.45, 7) is 9.55. The van der Waals surface area contributed by atoms with E-state index in [1.165, 1.54) is 12.8 Å². The van der Waals surface area contributed by atoms with Gasteiger partial charge in [0.1, 0.15) is 0 Å². The topological polar surface area (TPSA) is 44.4 Å². The summed E-state index contributed by atoms with van der Waals surface area (Å²) >= 11 is 0. The summed E-state index contributed by atoms with van der Waals surface area (Å²) < 4.78 is 0. The Kier molecular flexibility index (Phi) is 5.22. The Labute approximate surface area is 117 Å². The van der Waals surface area contributed by atoms with Crippen molar-refractivity contribution in [1.82, 2.24) is 15.5 Å². The summed E-state index contributed by atoms with van der Waals surface area (Å²) in [5.41, 5.74) is 0. The number of piperidine rings is 1. The number of fused-ring (bicyclic) bond motifs is 1. The number of hydrogen-bond acceptors (Lipinski definition) is 3. The van der Waals surface area contributed by atoms with Crippen molar-refractivity contribution >= 4 is 5.91 Å². The first kappa shape index (κ1) is 14.8. The molecule has 4 nitrogen and oxygen atoms in total. The first-order chi connectivity index (χ1) is 9.11. The molecule has 4 unspecified atom stereocenters. The standard InChI is InChI=1S/C15H29N3O/c1-4-6-11(2)17-15(19)12(3)18-9-13-7-5-8-16-14(13)10-18/h11-14,16H,4-10H2,1-3H3,(H,17,19). The Balaban J connectivity index is 1.82. The molecule has 0 radical (unpaired) electrons. The Morgan fingerprint density at radius 1 is 1.42 bits per heavy atom. The molecule has 0 saturated carbocycles. The van der Waals surface area contributed by atoms with E-state index in [2.05, 4.69) is 29.4 Å². The molecule has 4 heteroatoms. The van der Waals surface area contributed by atoms with Gasteiger partial charge in [0.2, 0.25) is 5.91 Å². The van der Waals surface area contributed by atoms with Crippen LogP contribution in [0.4, 0.5) is 0 Å². The van der Waals surface area contributed by atoms with Crippen molar-refractivity contribution in [2.24, 2.45) is 5.92 Å². The van der Waals surface area contributed by atoms with Crippen molar-refractivity contribution in [3.05, 3.63) is 0 Å². The van der Waals surface area contributed by atoms with E-state index in [0.717, 1.165) is 38.4 Å². The fourth-order valence-corrected chi connectivity index (χ4v) is 3.43. The van der Waals surface area contributed by atoms with Gasteiger partial charge in [-0.15, -0.1) is 0 Å². The molecule has 2 rings (SSSR count). The maximum atomic E-state index is 12.2. The maximum absolute atomic E-state index is 12.2. The molecular weight excluding hydrogens is 238 g/mol. The van der Waals surface area contributed by atoms with Crippen molar-refractivity contribution in [3.63, 3.8) is 0 Å². The molecule has 4 atom stereocenters. The predicted octanol–water partition coefficient (Wildman–Crippen LogP) is 1.36. The number of carbonyl (C=O) groups excluding carboxylic acids is 1. The van der Waals surface area contributed by atoms with Gasteiger partial charge in [-0.25, -0.2) is 0 Å². The molecule has 0 aromatic rings. The number of nitrogens with one attached hydrogen (secondary N) is 2. The SMILES string of the molecule is CCCC(C)NC(=O)C(C)N1CC2CCCNC2C1. The van der Waals surface area contributed by atoms with Crippen LogP contribution in [0.25, 0.3) is 0 Å². The molecule has 0 spiro atoms. The van der Waals surface area contributed by atoms with Crippen LogP contribution < -0.4 is 10.6 Å². The van der Waals surface area contributed by atoms with E-state index >= 15 is 0 Å². The quantitative estimate of drug-likeness (QED) is 0.790. The van der Waals surface area contributed by atoms with Crippen LogP contribution in [0.3, 0.4) is 0 Å². The van der Waals surface area contributed by atoms with E-state index in [1.807, 2.05) is 6.92 Å². The van der Waals surface area contributed by atoms with Crippen LogP contribution in [0.5, 0.6) is 0 Å². The zero-order valence-electron chi connectivity index (χ0n) is 12.6. The molecule has 110 valence electrons. The van der Waals surface area contributed by atoms with Crippen molar-refractivity contribution in [2.75, 3.05) is 19.6 Å². The Morgan fingerprint density at radius 3 is 2.89 bits per heavy atom. The van der Waals surface area contributed by atoms with Crippen LogP contribution in [-0.4, -0.2) is 48.6 Å². The van der Waals surface area contributed by atoms with Gasteiger partial charge < -0.3 is 10.6 Å². The third-order valence-electron chi connectivity index (χ3n) is 4.66. The highest BCUT2D eigenvalue weighted by atomic mass is 16.2. The summed E-state index contributed by atoms with van der Waals surface area (Å²) in [7, 11) is 0. The molecule has 0 aliphatic carbocycles. The maximum Gasteiger partial charge on any atom is 0.237 e. The number of amides is 1. The number of likely N-dealkylation sites (tertiary alicyclic amines) is 1. The second-order valence-electron chi connectivity index (χ2n) is 6.29. The van der Waals surface area contributed by atoms with Crippen LogP contribution >= 0.6 is 0 Å². The lowest BCUT2D eigenvalue weighted by atomic mass is 9.94. The summed E-state index contributed by atoms with van der Waals surface area (Å²) in [6.07, 6.45) is 4.77. The third kappa shape index (κ3) is 3.69. The molecule has 2 N–H and O–H groups in total. The van der Waals surface area contributed by atoms with Crippen LogP contribution in [0.15, 0.2) is 0 Å². The van der Waals surface area contributed by atoms with E-state index in [4.69, 9.17) is 0 Å². The molecule has 2 heterocycles. The monoisotopic (exact) mass is 267 g/mol. The normalized spacial score (nSPS) is 30.7.